The Morgan fingerprint density at radius 2 is 1.79 bits per heavy atom. The van der Waals surface area contributed by atoms with Crippen LogP contribution in [-0.2, 0) is 30.8 Å². The van der Waals surface area contributed by atoms with Crippen LogP contribution in [0.1, 0.15) is 83.7 Å². The molecule has 12 nitrogen and oxygen atoms in total. The zero-order valence-corrected chi connectivity index (χ0v) is 28.7. The van der Waals surface area contributed by atoms with Crippen molar-refractivity contribution in [3.8, 4) is 5.88 Å². The van der Waals surface area contributed by atoms with Gasteiger partial charge in [0.05, 0.1) is 28.4 Å². The van der Waals surface area contributed by atoms with Gasteiger partial charge < -0.3 is 20.7 Å². The summed E-state index contributed by atoms with van der Waals surface area (Å²) in [4.78, 5) is 51.9. The summed E-state index contributed by atoms with van der Waals surface area (Å²) in [6.45, 7) is 3.41. The van der Waals surface area contributed by atoms with Crippen LogP contribution >= 0.6 is 12.4 Å². The molecule has 0 bridgehead atoms. The topological polar surface area (TPSA) is 174 Å². The molecule has 2 aliphatic carbocycles. The number of amides is 3. The summed E-state index contributed by atoms with van der Waals surface area (Å²) in [7, 11) is -4.11. The molecule has 3 amide bonds. The van der Waals surface area contributed by atoms with Crippen molar-refractivity contribution >= 4 is 51.2 Å². The van der Waals surface area contributed by atoms with Crippen molar-refractivity contribution < 1.29 is 36.3 Å². The molecule has 4 fully saturated rings. The second-order valence-corrected chi connectivity index (χ2v) is 16.0. The number of alkyl halides is 2. The standard InChI is InChI=1S/C32H42F2N6O6S.ClH/c1-3-22-27(37-24-11-7-6-10-23(24)36-22)46-20-15-25-26(41)38-32(29(43)39-47(44,45)30(2)13-14-30)17-19(32)16-31(33,34)12-8-4-5-9-21(35)28(42)40(25)18-20;/h6-7,10-11,19-21,25H,3-5,8-9,12-18,35H2,1-2H3,(H,38,41)(H,39,43);1H/t19-,20-,21+,25+,32-;/m1./s1. The molecule has 0 spiro atoms. The van der Waals surface area contributed by atoms with Crippen LogP contribution in [0.2, 0.25) is 0 Å². The first-order valence-corrected chi connectivity index (χ1v) is 17.9. The Hall–Kier alpha value is -3.17. The smallest absolute Gasteiger partial charge is 0.259 e. The van der Waals surface area contributed by atoms with E-state index in [0.29, 0.717) is 48.8 Å². The monoisotopic (exact) mass is 712 g/mol. The number of sulfonamides is 1. The fourth-order valence-electron chi connectivity index (χ4n) is 6.75. The Morgan fingerprint density at radius 1 is 1.10 bits per heavy atom. The van der Waals surface area contributed by atoms with Gasteiger partial charge in [0, 0.05) is 19.3 Å². The summed E-state index contributed by atoms with van der Waals surface area (Å²) in [6.07, 6.45) is 0.604. The Labute approximate surface area is 284 Å². The summed E-state index contributed by atoms with van der Waals surface area (Å²) in [5.41, 5.74) is 6.32. The van der Waals surface area contributed by atoms with E-state index in [-0.39, 0.29) is 50.5 Å². The number of nitrogens with two attached hydrogens (primary N) is 1. The highest BCUT2D eigenvalue weighted by atomic mass is 35.5. The van der Waals surface area contributed by atoms with Crippen molar-refractivity contribution in [2.75, 3.05) is 6.54 Å². The number of nitrogens with zero attached hydrogens (tertiary/aromatic N) is 3. The van der Waals surface area contributed by atoms with Gasteiger partial charge in [0.25, 0.3) is 5.91 Å². The van der Waals surface area contributed by atoms with Crippen LogP contribution in [0.15, 0.2) is 24.3 Å². The molecule has 3 heterocycles. The SMILES string of the molecule is CCc1nc2ccccc2nc1O[C@@H]1C[C@H]2C(=O)N[C@]3(C(=O)NS(=O)(=O)C4(C)CC4)C[C@H]3CC(F)(F)CCCCC[C@H](N)C(=O)N2C1.Cl. The minimum Gasteiger partial charge on any atom is -0.471 e. The number of hydrogen-bond acceptors (Lipinski definition) is 9. The first kappa shape index (κ1) is 36.1. The Morgan fingerprint density at radius 3 is 2.46 bits per heavy atom. The summed E-state index contributed by atoms with van der Waals surface area (Å²) >= 11 is 0. The highest BCUT2D eigenvalue weighted by molar-refractivity contribution is 7.91. The normalized spacial score (nSPS) is 30.1. The van der Waals surface area contributed by atoms with Gasteiger partial charge in [-0.2, -0.15) is 0 Å². The number of hydrogen-bond donors (Lipinski definition) is 3. The molecule has 5 atom stereocenters. The van der Waals surface area contributed by atoms with Crippen LogP contribution in [-0.4, -0.2) is 81.9 Å². The van der Waals surface area contributed by atoms with Gasteiger partial charge in [-0.1, -0.05) is 31.9 Å². The Bertz CT molecular complexity index is 1690. The van der Waals surface area contributed by atoms with Crippen LogP contribution in [0.25, 0.3) is 11.0 Å². The summed E-state index contributed by atoms with van der Waals surface area (Å²) < 4.78 is 63.3. The van der Waals surface area contributed by atoms with E-state index in [9.17, 15) is 22.8 Å². The quantitative estimate of drug-likeness (QED) is 0.407. The van der Waals surface area contributed by atoms with Crippen molar-refractivity contribution in [1.29, 1.82) is 0 Å². The molecule has 16 heteroatoms. The Kier molecular flexibility index (Phi) is 9.99. The highest BCUT2D eigenvalue weighted by Crippen LogP contribution is 2.51. The fourth-order valence-corrected chi connectivity index (χ4v) is 8.06. The number of aromatic nitrogens is 2. The van der Waals surface area contributed by atoms with Crippen molar-refractivity contribution in [1.82, 2.24) is 24.9 Å². The first-order chi connectivity index (χ1) is 22.2. The van der Waals surface area contributed by atoms with Gasteiger partial charge in [0.15, 0.2) is 0 Å². The van der Waals surface area contributed by atoms with Gasteiger partial charge in [0.2, 0.25) is 33.6 Å². The number of nitrogens with one attached hydrogen (secondary N) is 2. The zero-order valence-electron chi connectivity index (χ0n) is 27.0. The predicted octanol–water partition coefficient (Wildman–Crippen LogP) is 3.15. The molecule has 1 aromatic heterocycles. The lowest BCUT2D eigenvalue weighted by molar-refractivity contribution is -0.140. The van der Waals surface area contributed by atoms with E-state index >= 15 is 8.78 Å². The number of aryl methyl sites for hydroxylation is 1. The van der Waals surface area contributed by atoms with Crippen LogP contribution in [0.4, 0.5) is 8.78 Å². The zero-order chi connectivity index (χ0) is 33.8. The second kappa shape index (κ2) is 13.3. The van der Waals surface area contributed by atoms with Crippen molar-refractivity contribution in [2.24, 2.45) is 11.7 Å². The molecule has 2 aromatic rings. The molecular formula is C32H43ClF2N6O6S. The number of fused-ring (bicyclic) bond motifs is 3. The molecule has 48 heavy (non-hydrogen) atoms. The van der Waals surface area contributed by atoms with E-state index in [0.717, 1.165) is 0 Å². The molecule has 0 unspecified atom stereocenters. The molecule has 0 radical (unpaired) electrons. The Balaban J connectivity index is 0.00000451. The summed E-state index contributed by atoms with van der Waals surface area (Å²) in [5.74, 6) is -6.14. The molecule has 6 rings (SSSR count). The number of rotatable bonds is 6. The van der Waals surface area contributed by atoms with E-state index < -0.39 is 80.9 Å². The van der Waals surface area contributed by atoms with E-state index in [1.807, 2.05) is 25.1 Å². The molecule has 2 saturated carbocycles. The lowest BCUT2D eigenvalue weighted by Crippen LogP contribution is -2.58. The van der Waals surface area contributed by atoms with Gasteiger partial charge in [-0.25, -0.2) is 27.2 Å². The minimum absolute atomic E-state index is 0. The predicted molar refractivity (Wildman–Crippen MR) is 175 cm³/mol. The third-order valence-electron chi connectivity index (χ3n) is 10.2. The molecule has 4 aliphatic rings. The van der Waals surface area contributed by atoms with Gasteiger partial charge in [0.1, 0.15) is 23.4 Å². The fraction of sp³-hybridized carbons (Fsp3) is 0.656. The van der Waals surface area contributed by atoms with Gasteiger partial charge in [-0.15, -0.1) is 12.4 Å². The van der Waals surface area contributed by atoms with E-state index in [2.05, 4.69) is 20.0 Å². The maximum Gasteiger partial charge on any atom is 0.259 e. The van der Waals surface area contributed by atoms with Crippen molar-refractivity contribution in [2.45, 2.75) is 119 Å². The lowest BCUT2D eigenvalue weighted by Gasteiger charge is -2.28. The molecular weight excluding hydrogens is 670 g/mol. The average molecular weight is 713 g/mol. The minimum atomic E-state index is -4.11. The molecule has 1 aromatic carbocycles. The highest BCUT2D eigenvalue weighted by Gasteiger charge is 2.65. The number of carbonyl (C=O) groups excluding carboxylic acids is 3. The lowest BCUT2D eigenvalue weighted by atomic mass is 10.0. The van der Waals surface area contributed by atoms with Crippen LogP contribution < -0.4 is 20.5 Å². The molecule has 4 N–H and O–H groups in total. The van der Waals surface area contributed by atoms with E-state index in [4.69, 9.17) is 10.5 Å². The number of halogens is 3. The molecule has 2 aliphatic heterocycles. The number of ether oxygens (including phenoxy) is 1. The maximum atomic E-state index is 15.1. The maximum absolute atomic E-state index is 15.1. The van der Waals surface area contributed by atoms with Crippen LogP contribution in [0.3, 0.4) is 0 Å². The van der Waals surface area contributed by atoms with Gasteiger partial charge in [-0.3, -0.25) is 19.1 Å². The molecule has 264 valence electrons. The summed E-state index contributed by atoms with van der Waals surface area (Å²) in [5, 5.41) is 2.64. The third-order valence-corrected chi connectivity index (χ3v) is 12.3. The first-order valence-electron chi connectivity index (χ1n) is 16.4. The molecule has 2 saturated heterocycles. The van der Waals surface area contributed by atoms with Crippen LogP contribution in [0.5, 0.6) is 5.88 Å². The van der Waals surface area contributed by atoms with E-state index in [1.54, 1.807) is 6.07 Å². The van der Waals surface area contributed by atoms with Gasteiger partial charge >= 0.3 is 0 Å². The van der Waals surface area contributed by atoms with Gasteiger partial charge in [-0.05, 0) is 63.5 Å². The average Bonchev–Trinajstić information content (AvgIpc) is 3.89. The number of benzene rings is 1. The number of para-hydroxylation sites is 2. The van der Waals surface area contributed by atoms with Crippen molar-refractivity contribution in [3.63, 3.8) is 0 Å². The van der Waals surface area contributed by atoms with E-state index in [1.165, 1.54) is 11.8 Å². The second-order valence-electron chi connectivity index (χ2n) is 13.8. The van der Waals surface area contributed by atoms with Crippen LogP contribution in [0, 0.1) is 5.92 Å². The third kappa shape index (κ3) is 7.09. The summed E-state index contributed by atoms with van der Waals surface area (Å²) in [6, 6.07) is 5.19. The number of carbonyl (C=O) groups is 3. The van der Waals surface area contributed by atoms with Crippen molar-refractivity contribution in [3.05, 3.63) is 30.0 Å². The largest absolute Gasteiger partial charge is 0.471 e.